The Kier molecular flexibility index (Phi) is 2.97. The maximum atomic E-state index is 13.1. The molecule has 0 aliphatic heterocycles. The topological polar surface area (TPSA) is 35.2 Å². The van der Waals surface area contributed by atoms with Gasteiger partial charge in [-0.3, -0.25) is 0 Å². The van der Waals surface area contributed by atoms with Crippen molar-refractivity contribution in [3.63, 3.8) is 0 Å². The Labute approximate surface area is 103 Å². The van der Waals surface area contributed by atoms with Crippen molar-refractivity contribution in [1.29, 1.82) is 0 Å². The highest BCUT2D eigenvalue weighted by molar-refractivity contribution is 9.10. The average molecular weight is 288 g/mol. The minimum absolute atomic E-state index is 0.0429. The first-order chi connectivity index (χ1) is 7.39. The summed E-state index contributed by atoms with van der Waals surface area (Å²) in [4.78, 5) is 0. The van der Waals surface area contributed by atoms with Gasteiger partial charge in [-0.15, -0.1) is 0 Å². The number of hydrogen-bond acceptors (Lipinski definition) is 2. The molecule has 0 amide bonds. The molecule has 1 aliphatic rings. The first-order valence-electron chi connectivity index (χ1n) is 5.28. The molecule has 2 rings (SSSR count). The van der Waals surface area contributed by atoms with Crippen LogP contribution >= 0.6 is 15.9 Å². The van der Waals surface area contributed by atoms with Gasteiger partial charge in [0.05, 0.1) is 0 Å². The minimum atomic E-state index is -0.300. The molecule has 88 valence electrons. The Morgan fingerprint density at radius 2 is 2.12 bits per heavy atom. The van der Waals surface area contributed by atoms with Crippen LogP contribution in [0.4, 0.5) is 4.39 Å². The van der Waals surface area contributed by atoms with Crippen molar-refractivity contribution in [2.75, 3.05) is 0 Å². The van der Waals surface area contributed by atoms with Gasteiger partial charge in [0.1, 0.15) is 17.7 Å². The van der Waals surface area contributed by atoms with E-state index in [1.54, 1.807) is 6.07 Å². The van der Waals surface area contributed by atoms with E-state index in [-0.39, 0.29) is 23.4 Å². The van der Waals surface area contributed by atoms with Crippen molar-refractivity contribution in [2.24, 2.45) is 11.1 Å². The molecular weight excluding hydrogens is 273 g/mol. The number of benzene rings is 1. The lowest BCUT2D eigenvalue weighted by Gasteiger charge is -2.49. The van der Waals surface area contributed by atoms with Crippen LogP contribution in [0.25, 0.3) is 0 Å². The summed E-state index contributed by atoms with van der Waals surface area (Å²) >= 11 is 3.24. The summed E-state index contributed by atoms with van der Waals surface area (Å²) in [5.74, 6) is 0.252. The zero-order valence-electron chi connectivity index (χ0n) is 9.34. The van der Waals surface area contributed by atoms with Gasteiger partial charge in [0.15, 0.2) is 0 Å². The predicted octanol–water partition coefficient (Wildman–Crippen LogP) is 3.09. The molecule has 1 fully saturated rings. The monoisotopic (exact) mass is 287 g/mol. The highest BCUT2D eigenvalue weighted by Crippen LogP contribution is 2.42. The maximum Gasteiger partial charge on any atom is 0.128 e. The second-order valence-electron chi connectivity index (χ2n) is 4.88. The van der Waals surface area contributed by atoms with E-state index in [0.717, 1.165) is 6.42 Å². The molecule has 0 radical (unpaired) electrons. The fourth-order valence-corrected chi connectivity index (χ4v) is 2.32. The third-order valence-electron chi connectivity index (χ3n) is 3.37. The SMILES string of the molecule is CC1(C)C(N)CC1Oc1cc(F)cc(Br)c1. The second kappa shape index (κ2) is 4.00. The van der Waals surface area contributed by atoms with Gasteiger partial charge in [-0.2, -0.15) is 0 Å². The van der Waals surface area contributed by atoms with Crippen LogP contribution in [-0.2, 0) is 0 Å². The second-order valence-corrected chi connectivity index (χ2v) is 5.79. The Hall–Kier alpha value is -0.610. The lowest BCUT2D eigenvalue weighted by atomic mass is 9.65. The van der Waals surface area contributed by atoms with Gasteiger partial charge in [0.2, 0.25) is 0 Å². The number of nitrogens with two attached hydrogens (primary N) is 1. The summed E-state index contributed by atoms with van der Waals surface area (Å²) in [7, 11) is 0. The van der Waals surface area contributed by atoms with E-state index >= 15 is 0 Å². The molecule has 0 spiro atoms. The molecule has 2 unspecified atom stereocenters. The number of hydrogen-bond donors (Lipinski definition) is 1. The Morgan fingerprint density at radius 3 is 2.62 bits per heavy atom. The van der Waals surface area contributed by atoms with E-state index in [1.165, 1.54) is 12.1 Å². The molecular formula is C12H15BrFNO. The van der Waals surface area contributed by atoms with Crippen molar-refractivity contribution < 1.29 is 9.13 Å². The molecule has 0 heterocycles. The van der Waals surface area contributed by atoms with Gasteiger partial charge in [0.25, 0.3) is 0 Å². The van der Waals surface area contributed by atoms with Crippen LogP contribution in [-0.4, -0.2) is 12.1 Å². The van der Waals surface area contributed by atoms with Crippen molar-refractivity contribution in [3.05, 3.63) is 28.5 Å². The summed E-state index contributed by atoms with van der Waals surface area (Å²) in [5, 5.41) is 0. The van der Waals surface area contributed by atoms with Gasteiger partial charge in [0, 0.05) is 28.4 Å². The molecule has 1 aliphatic carbocycles. The standard InChI is InChI=1S/C12H15BrFNO/c1-12(2)10(15)6-11(12)16-9-4-7(13)3-8(14)5-9/h3-5,10-11H,6,15H2,1-2H3. The molecule has 1 saturated carbocycles. The summed E-state index contributed by atoms with van der Waals surface area (Å²) in [6.45, 7) is 4.14. The molecule has 2 atom stereocenters. The largest absolute Gasteiger partial charge is 0.490 e. The lowest BCUT2D eigenvalue weighted by molar-refractivity contribution is -0.0401. The molecule has 2 nitrogen and oxygen atoms in total. The smallest absolute Gasteiger partial charge is 0.128 e. The lowest BCUT2D eigenvalue weighted by Crippen LogP contribution is -2.60. The zero-order valence-corrected chi connectivity index (χ0v) is 10.9. The number of rotatable bonds is 2. The quantitative estimate of drug-likeness (QED) is 0.907. The Bertz CT molecular complexity index is 388. The molecule has 2 N–H and O–H groups in total. The van der Waals surface area contributed by atoms with Crippen molar-refractivity contribution in [1.82, 2.24) is 0 Å². The van der Waals surface area contributed by atoms with Crippen LogP contribution in [0.2, 0.25) is 0 Å². The van der Waals surface area contributed by atoms with Crippen LogP contribution in [0, 0.1) is 11.2 Å². The van der Waals surface area contributed by atoms with E-state index in [4.69, 9.17) is 10.5 Å². The highest BCUT2D eigenvalue weighted by atomic mass is 79.9. The average Bonchev–Trinajstić information content (AvgIpc) is 2.15. The highest BCUT2D eigenvalue weighted by Gasteiger charge is 2.47. The van der Waals surface area contributed by atoms with E-state index in [0.29, 0.717) is 10.2 Å². The van der Waals surface area contributed by atoms with Crippen molar-refractivity contribution in [3.8, 4) is 5.75 Å². The molecule has 1 aromatic rings. The molecule has 0 aromatic heterocycles. The van der Waals surface area contributed by atoms with Gasteiger partial charge >= 0.3 is 0 Å². The molecule has 16 heavy (non-hydrogen) atoms. The van der Waals surface area contributed by atoms with Gasteiger partial charge in [-0.05, 0) is 12.1 Å². The van der Waals surface area contributed by atoms with Crippen LogP contribution in [0.5, 0.6) is 5.75 Å². The molecule has 0 bridgehead atoms. The van der Waals surface area contributed by atoms with E-state index in [2.05, 4.69) is 29.8 Å². The van der Waals surface area contributed by atoms with Crippen LogP contribution in [0.15, 0.2) is 22.7 Å². The van der Waals surface area contributed by atoms with Gasteiger partial charge in [-0.25, -0.2) is 4.39 Å². The first kappa shape index (κ1) is 11.9. The minimum Gasteiger partial charge on any atom is -0.490 e. The van der Waals surface area contributed by atoms with Gasteiger partial charge < -0.3 is 10.5 Å². The predicted molar refractivity (Wildman–Crippen MR) is 64.9 cm³/mol. The summed E-state index contributed by atoms with van der Waals surface area (Å²) in [6, 6.07) is 4.73. The first-order valence-corrected chi connectivity index (χ1v) is 6.07. The van der Waals surface area contributed by atoms with Crippen LogP contribution in [0.1, 0.15) is 20.3 Å². The van der Waals surface area contributed by atoms with Crippen molar-refractivity contribution >= 4 is 15.9 Å². The van der Waals surface area contributed by atoms with Gasteiger partial charge in [-0.1, -0.05) is 29.8 Å². The Balaban J connectivity index is 2.11. The Morgan fingerprint density at radius 1 is 1.44 bits per heavy atom. The van der Waals surface area contributed by atoms with Crippen LogP contribution in [0.3, 0.4) is 0 Å². The van der Waals surface area contributed by atoms with E-state index in [9.17, 15) is 4.39 Å². The normalized spacial score (nSPS) is 27.3. The zero-order chi connectivity index (χ0) is 11.9. The molecule has 0 saturated heterocycles. The third-order valence-corrected chi connectivity index (χ3v) is 3.83. The van der Waals surface area contributed by atoms with E-state index < -0.39 is 0 Å². The molecule has 4 heteroatoms. The maximum absolute atomic E-state index is 13.1. The summed E-state index contributed by atoms with van der Waals surface area (Å²) in [6.07, 6.45) is 0.886. The number of halogens is 2. The fraction of sp³-hybridized carbons (Fsp3) is 0.500. The third kappa shape index (κ3) is 2.09. The fourth-order valence-electron chi connectivity index (χ4n) is 1.88. The van der Waals surface area contributed by atoms with Crippen molar-refractivity contribution in [2.45, 2.75) is 32.4 Å². The summed E-state index contributed by atoms with van der Waals surface area (Å²) in [5.41, 5.74) is 5.85. The van der Waals surface area contributed by atoms with E-state index in [1.807, 2.05) is 0 Å². The molecule has 1 aromatic carbocycles. The van der Waals surface area contributed by atoms with Crippen LogP contribution < -0.4 is 10.5 Å². The number of ether oxygens (including phenoxy) is 1. The summed E-state index contributed by atoms with van der Waals surface area (Å²) < 4.78 is 19.6.